The molecule has 172 valence electrons. The highest BCUT2D eigenvalue weighted by Gasteiger charge is 2.26. The second kappa shape index (κ2) is 9.22. The molecule has 1 atom stereocenters. The van der Waals surface area contributed by atoms with E-state index in [1.165, 1.54) is 0 Å². The molecular weight excluding hydrogens is 410 g/mol. The van der Waals surface area contributed by atoms with E-state index in [0.29, 0.717) is 28.5 Å². The molecule has 0 saturated heterocycles. The molecular formula is C27H33N5O. The van der Waals surface area contributed by atoms with Crippen molar-refractivity contribution in [2.24, 2.45) is 5.92 Å². The lowest BCUT2D eigenvalue weighted by molar-refractivity contribution is 0.0940. The van der Waals surface area contributed by atoms with Crippen LogP contribution in [0.2, 0.25) is 0 Å². The lowest BCUT2D eigenvalue weighted by Crippen LogP contribution is -2.33. The highest BCUT2D eigenvalue weighted by atomic mass is 16.1. The monoisotopic (exact) mass is 443 g/mol. The number of para-hydroxylation sites is 2. The number of benzene rings is 2. The first-order valence-corrected chi connectivity index (χ1v) is 11.7. The summed E-state index contributed by atoms with van der Waals surface area (Å²) in [6.07, 6.45) is 3.14. The Morgan fingerprint density at radius 2 is 1.70 bits per heavy atom. The highest BCUT2D eigenvalue weighted by molar-refractivity contribution is 6.11. The van der Waals surface area contributed by atoms with Gasteiger partial charge < -0.3 is 11.1 Å². The van der Waals surface area contributed by atoms with Crippen LogP contribution in [0.15, 0.2) is 42.5 Å². The number of nitrogens with two attached hydrogens (primary N) is 1. The molecule has 4 rings (SSSR count). The topological polar surface area (TPSA) is 85.8 Å². The van der Waals surface area contributed by atoms with E-state index in [1.807, 2.05) is 47.9 Å². The van der Waals surface area contributed by atoms with Gasteiger partial charge >= 0.3 is 0 Å². The number of amides is 1. The molecule has 33 heavy (non-hydrogen) atoms. The van der Waals surface area contributed by atoms with Gasteiger partial charge in [0.1, 0.15) is 16.9 Å². The van der Waals surface area contributed by atoms with E-state index in [4.69, 9.17) is 15.7 Å². The molecule has 0 saturated carbocycles. The predicted molar refractivity (Wildman–Crippen MR) is 136 cm³/mol. The fraction of sp³-hybridized carbons (Fsp3) is 0.370. The van der Waals surface area contributed by atoms with Gasteiger partial charge in [0.2, 0.25) is 0 Å². The van der Waals surface area contributed by atoms with E-state index in [0.717, 1.165) is 47.1 Å². The molecule has 6 nitrogen and oxygen atoms in total. The first-order chi connectivity index (χ1) is 15.8. The number of hydrogen-bond acceptors (Lipinski definition) is 4. The Morgan fingerprint density at radius 1 is 1.00 bits per heavy atom. The number of aromatic nitrogens is 3. The summed E-state index contributed by atoms with van der Waals surface area (Å²) in [5.74, 6) is 0.812. The van der Waals surface area contributed by atoms with Crippen LogP contribution in [0.3, 0.4) is 0 Å². The van der Waals surface area contributed by atoms with Crippen LogP contribution >= 0.6 is 0 Å². The Labute approximate surface area is 195 Å². The molecule has 4 aromatic rings. The number of hydrogen-bond donors (Lipinski definition) is 2. The molecule has 0 fully saturated rings. The number of nitrogens with zero attached hydrogens (tertiary/aromatic N) is 3. The van der Waals surface area contributed by atoms with Gasteiger partial charge in [-0.05, 0) is 62.4 Å². The Morgan fingerprint density at radius 3 is 2.39 bits per heavy atom. The van der Waals surface area contributed by atoms with E-state index in [1.54, 1.807) is 0 Å². The van der Waals surface area contributed by atoms with Gasteiger partial charge in [-0.2, -0.15) is 0 Å². The summed E-state index contributed by atoms with van der Waals surface area (Å²) in [4.78, 5) is 23.2. The molecule has 2 aromatic heterocycles. The SMILES string of the molecule is Cc1cccc(-n2c(N)c(C(=O)N[C@@H](C)CCCC(C)C)c3nc4ccccc4nc32)c1C. The van der Waals surface area contributed by atoms with Crippen molar-refractivity contribution in [2.75, 3.05) is 5.73 Å². The summed E-state index contributed by atoms with van der Waals surface area (Å²) in [5.41, 5.74) is 12.8. The van der Waals surface area contributed by atoms with Crippen LogP contribution in [0.4, 0.5) is 5.82 Å². The number of nitrogen functional groups attached to an aromatic ring is 1. The maximum atomic E-state index is 13.4. The number of carbonyl (C=O) groups excluding carboxylic acids is 1. The van der Waals surface area contributed by atoms with Crippen molar-refractivity contribution in [2.45, 2.75) is 59.9 Å². The summed E-state index contributed by atoms with van der Waals surface area (Å²) in [5, 5.41) is 3.14. The number of rotatable bonds is 7. The number of fused-ring (bicyclic) bond motifs is 2. The lowest BCUT2D eigenvalue weighted by Gasteiger charge is -2.15. The van der Waals surface area contributed by atoms with Gasteiger partial charge in [-0.25, -0.2) is 9.97 Å². The standard InChI is InChI=1S/C27H33N5O/c1-16(2)10-8-12-18(4)29-27(33)23-24-26(31-21-14-7-6-13-20(21)30-24)32(25(23)28)22-15-9-11-17(3)19(22)5/h6-7,9,11,13-16,18H,8,10,12,28H2,1-5H3,(H,29,33)/t18-/m0/s1. The molecule has 0 radical (unpaired) electrons. The minimum absolute atomic E-state index is 0.0446. The van der Waals surface area contributed by atoms with Crippen LogP contribution in [-0.4, -0.2) is 26.5 Å². The Balaban J connectivity index is 1.84. The van der Waals surface area contributed by atoms with E-state index >= 15 is 0 Å². The molecule has 2 heterocycles. The molecule has 0 aliphatic rings. The van der Waals surface area contributed by atoms with Crippen molar-refractivity contribution in [3.63, 3.8) is 0 Å². The van der Waals surface area contributed by atoms with Gasteiger partial charge in [0.05, 0.1) is 16.7 Å². The second-order valence-electron chi connectivity index (χ2n) is 9.40. The van der Waals surface area contributed by atoms with Gasteiger partial charge in [0, 0.05) is 6.04 Å². The minimum Gasteiger partial charge on any atom is -0.384 e. The third kappa shape index (κ3) is 4.42. The zero-order valence-electron chi connectivity index (χ0n) is 20.1. The Kier molecular flexibility index (Phi) is 6.36. The third-order valence-electron chi connectivity index (χ3n) is 6.34. The molecule has 1 amide bonds. The molecule has 0 bridgehead atoms. The number of nitrogens with one attached hydrogen (secondary N) is 1. The lowest BCUT2D eigenvalue weighted by atomic mass is 10.0. The van der Waals surface area contributed by atoms with Crippen molar-refractivity contribution in [3.8, 4) is 5.69 Å². The zero-order chi connectivity index (χ0) is 23.7. The fourth-order valence-corrected chi connectivity index (χ4v) is 4.31. The van der Waals surface area contributed by atoms with E-state index in [2.05, 4.69) is 39.1 Å². The summed E-state index contributed by atoms with van der Waals surface area (Å²) < 4.78 is 1.87. The van der Waals surface area contributed by atoms with Crippen molar-refractivity contribution < 1.29 is 4.79 Å². The third-order valence-corrected chi connectivity index (χ3v) is 6.34. The average Bonchev–Trinajstić information content (AvgIpc) is 3.04. The molecule has 0 aliphatic carbocycles. The molecule has 0 unspecified atom stereocenters. The van der Waals surface area contributed by atoms with E-state index in [9.17, 15) is 4.79 Å². The highest BCUT2D eigenvalue weighted by Crippen LogP contribution is 2.32. The largest absolute Gasteiger partial charge is 0.384 e. The van der Waals surface area contributed by atoms with Gasteiger partial charge in [-0.1, -0.05) is 51.0 Å². The average molecular weight is 444 g/mol. The van der Waals surface area contributed by atoms with E-state index in [-0.39, 0.29) is 11.9 Å². The van der Waals surface area contributed by atoms with Crippen LogP contribution in [0.1, 0.15) is 61.5 Å². The maximum absolute atomic E-state index is 13.4. The van der Waals surface area contributed by atoms with Crippen LogP contribution in [-0.2, 0) is 0 Å². The second-order valence-corrected chi connectivity index (χ2v) is 9.40. The molecule has 0 aliphatic heterocycles. The molecule has 3 N–H and O–H groups in total. The van der Waals surface area contributed by atoms with Gasteiger partial charge in [-0.3, -0.25) is 9.36 Å². The van der Waals surface area contributed by atoms with Crippen LogP contribution in [0.25, 0.3) is 27.9 Å². The predicted octanol–water partition coefficient (Wildman–Crippen LogP) is 5.72. The van der Waals surface area contributed by atoms with Crippen molar-refractivity contribution in [1.82, 2.24) is 19.9 Å². The quantitative estimate of drug-likeness (QED) is 0.383. The normalized spacial score (nSPS) is 12.5. The smallest absolute Gasteiger partial charge is 0.257 e. The Hall–Kier alpha value is -3.41. The van der Waals surface area contributed by atoms with Gasteiger partial charge in [-0.15, -0.1) is 0 Å². The van der Waals surface area contributed by atoms with Crippen molar-refractivity contribution >= 4 is 33.9 Å². The maximum Gasteiger partial charge on any atom is 0.257 e. The van der Waals surface area contributed by atoms with Gasteiger partial charge in [0.25, 0.3) is 5.91 Å². The summed E-state index contributed by atoms with van der Waals surface area (Å²) in [6, 6.07) is 13.8. The summed E-state index contributed by atoms with van der Waals surface area (Å²) >= 11 is 0. The molecule has 0 spiro atoms. The summed E-state index contributed by atoms with van der Waals surface area (Å²) in [7, 11) is 0. The van der Waals surface area contributed by atoms with Crippen LogP contribution in [0.5, 0.6) is 0 Å². The zero-order valence-corrected chi connectivity index (χ0v) is 20.1. The first-order valence-electron chi connectivity index (χ1n) is 11.7. The number of carbonyl (C=O) groups is 1. The molecule has 6 heteroatoms. The Bertz CT molecular complexity index is 1320. The van der Waals surface area contributed by atoms with Crippen LogP contribution in [0, 0.1) is 19.8 Å². The summed E-state index contributed by atoms with van der Waals surface area (Å²) in [6.45, 7) is 10.6. The number of anilines is 1. The fourth-order valence-electron chi connectivity index (χ4n) is 4.31. The molecule has 2 aromatic carbocycles. The van der Waals surface area contributed by atoms with E-state index < -0.39 is 0 Å². The van der Waals surface area contributed by atoms with Crippen molar-refractivity contribution in [3.05, 3.63) is 59.2 Å². The van der Waals surface area contributed by atoms with Gasteiger partial charge in [0.15, 0.2) is 5.65 Å². The van der Waals surface area contributed by atoms with Crippen molar-refractivity contribution in [1.29, 1.82) is 0 Å². The first kappa shape index (κ1) is 22.8. The minimum atomic E-state index is -0.205. The number of aryl methyl sites for hydroxylation is 1. The van der Waals surface area contributed by atoms with Crippen LogP contribution < -0.4 is 11.1 Å².